The molecule has 0 aliphatic heterocycles. The number of rotatable bonds is 5. The summed E-state index contributed by atoms with van der Waals surface area (Å²) in [7, 11) is 0. The summed E-state index contributed by atoms with van der Waals surface area (Å²) >= 11 is 0. The first-order chi connectivity index (χ1) is 8.72. The van der Waals surface area contributed by atoms with Crippen LogP contribution in [-0.2, 0) is 6.42 Å². The number of nitrogens with two attached hydrogens (primary N) is 1. The Balaban J connectivity index is 2.29. The highest BCUT2D eigenvalue weighted by atomic mass is 14.6. The minimum absolute atomic E-state index is 0.518. The van der Waals surface area contributed by atoms with Crippen molar-refractivity contribution in [1.29, 1.82) is 0 Å². The van der Waals surface area contributed by atoms with E-state index in [4.69, 9.17) is 5.73 Å². The van der Waals surface area contributed by atoms with Crippen molar-refractivity contribution in [3.63, 3.8) is 0 Å². The smallest absolute Gasteiger partial charge is 0.0346 e. The van der Waals surface area contributed by atoms with Gasteiger partial charge in [-0.05, 0) is 54.3 Å². The number of benzene rings is 1. The summed E-state index contributed by atoms with van der Waals surface area (Å²) < 4.78 is 0. The van der Waals surface area contributed by atoms with E-state index in [9.17, 15) is 0 Å². The van der Waals surface area contributed by atoms with Crippen molar-refractivity contribution >= 4 is 10.8 Å². The van der Waals surface area contributed by atoms with Crippen LogP contribution in [0.25, 0.3) is 10.8 Å². The van der Waals surface area contributed by atoms with Crippen LogP contribution in [0.15, 0.2) is 30.6 Å². The van der Waals surface area contributed by atoms with Crippen molar-refractivity contribution in [3.05, 3.63) is 41.7 Å². The summed E-state index contributed by atoms with van der Waals surface area (Å²) in [4.78, 5) is 4.35. The lowest BCUT2D eigenvalue weighted by molar-refractivity contribution is 0.745. The molecule has 1 aromatic carbocycles. The molecule has 0 spiro atoms. The fraction of sp³-hybridized carbons (Fsp3) is 0.438. The first-order valence-electron chi connectivity index (χ1n) is 6.79. The van der Waals surface area contributed by atoms with Gasteiger partial charge in [0.2, 0.25) is 0 Å². The Morgan fingerprint density at radius 2 is 2.00 bits per heavy atom. The van der Waals surface area contributed by atoms with Crippen LogP contribution in [-0.4, -0.2) is 11.5 Å². The van der Waals surface area contributed by atoms with Crippen LogP contribution in [0.5, 0.6) is 0 Å². The number of pyridine rings is 1. The molecule has 18 heavy (non-hydrogen) atoms. The number of nitrogens with zero attached hydrogens (tertiary/aromatic N) is 1. The minimum atomic E-state index is 0.518. The second-order valence-electron chi connectivity index (χ2n) is 5.18. The molecule has 0 unspecified atom stereocenters. The zero-order valence-electron chi connectivity index (χ0n) is 11.3. The highest BCUT2D eigenvalue weighted by Crippen LogP contribution is 2.25. The van der Waals surface area contributed by atoms with Crippen LogP contribution in [0.4, 0.5) is 0 Å². The molecule has 0 aliphatic carbocycles. The molecule has 0 saturated heterocycles. The molecule has 2 N–H and O–H groups in total. The molecular weight excluding hydrogens is 220 g/mol. The lowest BCUT2D eigenvalue weighted by Crippen LogP contribution is -1.99. The largest absolute Gasteiger partial charge is 0.330 e. The standard InChI is InChI=1S/C16H22N2/c1-12(2)16-11-18-10-14-9-13(5-3-4-8-17)6-7-15(14)16/h6-7,9-12H,3-5,8,17H2,1-2H3. The first-order valence-corrected chi connectivity index (χ1v) is 6.79. The van der Waals surface area contributed by atoms with E-state index >= 15 is 0 Å². The zero-order chi connectivity index (χ0) is 13.0. The van der Waals surface area contributed by atoms with Gasteiger partial charge >= 0.3 is 0 Å². The van der Waals surface area contributed by atoms with E-state index in [1.807, 2.05) is 12.4 Å². The van der Waals surface area contributed by atoms with Gasteiger partial charge in [-0.3, -0.25) is 4.98 Å². The zero-order valence-corrected chi connectivity index (χ0v) is 11.3. The first kappa shape index (κ1) is 13.0. The van der Waals surface area contributed by atoms with Crippen molar-refractivity contribution in [3.8, 4) is 0 Å². The highest BCUT2D eigenvalue weighted by molar-refractivity contribution is 5.85. The van der Waals surface area contributed by atoms with E-state index in [-0.39, 0.29) is 0 Å². The number of hydrogen-bond acceptors (Lipinski definition) is 2. The highest BCUT2D eigenvalue weighted by Gasteiger charge is 2.06. The van der Waals surface area contributed by atoms with Gasteiger partial charge in [0, 0.05) is 17.8 Å². The molecular formula is C16H22N2. The maximum absolute atomic E-state index is 5.53. The fourth-order valence-electron chi connectivity index (χ4n) is 2.34. The summed E-state index contributed by atoms with van der Waals surface area (Å²) in [6.45, 7) is 5.21. The summed E-state index contributed by atoms with van der Waals surface area (Å²) in [5.41, 5.74) is 8.25. The molecule has 0 atom stereocenters. The number of aromatic nitrogens is 1. The van der Waals surface area contributed by atoms with Crippen LogP contribution in [0.3, 0.4) is 0 Å². The number of aryl methyl sites for hydroxylation is 1. The van der Waals surface area contributed by atoms with E-state index in [0.717, 1.165) is 19.4 Å². The van der Waals surface area contributed by atoms with Crippen LogP contribution < -0.4 is 5.73 Å². The van der Waals surface area contributed by atoms with Gasteiger partial charge in [-0.15, -0.1) is 0 Å². The third kappa shape index (κ3) is 2.88. The van der Waals surface area contributed by atoms with Crippen molar-refractivity contribution in [2.75, 3.05) is 6.54 Å². The molecule has 0 radical (unpaired) electrons. The summed E-state index contributed by atoms with van der Waals surface area (Å²) in [6, 6.07) is 6.75. The van der Waals surface area contributed by atoms with Crippen molar-refractivity contribution in [1.82, 2.24) is 4.98 Å². The van der Waals surface area contributed by atoms with Gasteiger partial charge in [-0.25, -0.2) is 0 Å². The molecule has 2 heteroatoms. The normalized spacial score (nSPS) is 11.3. The molecule has 1 aromatic heterocycles. The van der Waals surface area contributed by atoms with Gasteiger partial charge in [-0.2, -0.15) is 0 Å². The van der Waals surface area contributed by atoms with Crippen LogP contribution >= 0.6 is 0 Å². The van der Waals surface area contributed by atoms with E-state index in [2.05, 4.69) is 37.0 Å². The summed E-state index contributed by atoms with van der Waals surface area (Å²) in [5, 5.41) is 2.59. The maximum atomic E-state index is 5.53. The Hall–Kier alpha value is -1.41. The molecule has 2 aromatic rings. The number of unbranched alkanes of at least 4 members (excludes halogenated alkanes) is 1. The molecule has 0 aliphatic rings. The van der Waals surface area contributed by atoms with E-state index in [1.165, 1.54) is 28.3 Å². The second-order valence-corrected chi connectivity index (χ2v) is 5.18. The molecule has 0 saturated carbocycles. The molecule has 2 rings (SSSR count). The van der Waals surface area contributed by atoms with Gasteiger partial charge in [0.15, 0.2) is 0 Å². The monoisotopic (exact) mass is 242 g/mol. The van der Waals surface area contributed by atoms with E-state index < -0.39 is 0 Å². The molecule has 0 amide bonds. The van der Waals surface area contributed by atoms with Gasteiger partial charge in [0.05, 0.1) is 0 Å². The van der Waals surface area contributed by atoms with Crippen LogP contribution in [0.2, 0.25) is 0 Å². The third-order valence-electron chi connectivity index (χ3n) is 3.40. The van der Waals surface area contributed by atoms with Crippen LogP contribution in [0, 0.1) is 0 Å². The summed E-state index contributed by atoms with van der Waals surface area (Å²) in [6.07, 6.45) is 7.33. The molecule has 0 fully saturated rings. The Morgan fingerprint density at radius 1 is 1.17 bits per heavy atom. The van der Waals surface area contributed by atoms with Gasteiger partial charge in [-0.1, -0.05) is 26.0 Å². The maximum Gasteiger partial charge on any atom is 0.0346 e. The average Bonchev–Trinajstić information content (AvgIpc) is 2.38. The Kier molecular flexibility index (Phi) is 4.32. The third-order valence-corrected chi connectivity index (χ3v) is 3.40. The number of fused-ring (bicyclic) bond motifs is 1. The van der Waals surface area contributed by atoms with E-state index in [0.29, 0.717) is 5.92 Å². The predicted octanol–water partition coefficient (Wildman–Crippen LogP) is 3.64. The Morgan fingerprint density at radius 3 is 2.72 bits per heavy atom. The van der Waals surface area contributed by atoms with Gasteiger partial charge < -0.3 is 5.73 Å². The van der Waals surface area contributed by atoms with Crippen molar-refractivity contribution in [2.45, 2.75) is 39.0 Å². The fourth-order valence-corrected chi connectivity index (χ4v) is 2.34. The SMILES string of the molecule is CC(C)c1cncc2cc(CCCCN)ccc12. The molecule has 96 valence electrons. The van der Waals surface area contributed by atoms with Crippen molar-refractivity contribution < 1.29 is 0 Å². The van der Waals surface area contributed by atoms with Gasteiger partial charge in [0.25, 0.3) is 0 Å². The molecule has 1 heterocycles. The topological polar surface area (TPSA) is 38.9 Å². The summed E-state index contributed by atoms with van der Waals surface area (Å²) in [5.74, 6) is 0.518. The lowest BCUT2D eigenvalue weighted by atomic mass is 9.96. The number of hydrogen-bond donors (Lipinski definition) is 1. The Bertz CT molecular complexity index is 517. The second kappa shape index (κ2) is 5.96. The quantitative estimate of drug-likeness (QED) is 0.813. The van der Waals surface area contributed by atoms with Crippen LogP contribution in [0.1, 0.15) is 43.7 Å². The van der Waals surface area contributed by atoms with Gasteiger partial charge in [0.1, 0.15) is 0 Å². The van der Waals surface area contributed by atoms with Crippen molar-refractivity contribution in [2.24, 2.45) is 5.73 Å². The lowest BCUT2D eigenvalue weighted by Gasteiger charge is -2.10. The van der Waals surface area contributed by atoms with E-state index in [1.54, 1.807) is 0 Å². The Labute approximate surface area is 109 Å². The average molecular weight is 242 g/mol. The molecule has 2 nitrogen and oxygen atoms in total. The molecule has 0 bridgehead atoms. The minimum Gasteiger partial charge on any atom is -0.330 e. The predicted molar refractivity (Wildman–Crippen MR) is 77.8 cm³/mol.